The first-order chi connectivity index (χ1) is 17.0. The number of carbonyl (C=O) groups excluding carboxylic acids is 2. The van der Waals surface area contributed by atoms with Crippen molar-refractivity contribution in [3.8, 4) is 5.75 Å². The lowest BCUT2D eigenvalue weighted by molar-refractivity contribution is -0.139. The molecule has 188 valence electrons. The molecular formula is C26H35N5O4. The summed E-state index contributed by atoms with van der Waals surface area (Å²) in [5, 5.41) is 6.97. The van der Waals surface area contributed by atoms with E-state index in [1.807, 2.05) is 17.0 Å². The zero-order chi connectivity index (χ0) is 24.3. The molecule has 0 saturated carbocycles. The van der Waals surface area contributed by atoms with Gasteiger partial charge in [0, 0.05) is 13.1 Å². The van der Waals surface area contributed by atoms with Crippen molar-refractivity contribution in [2.75, 3.05) is 45.9 Å². The minimum atomic E-state index is -0.351. The second-order valence-corrected chi connectivity index (χ2v) is 10.2. The summed E-state index contributed by atoms with van der Waals surface area (Å²) in [6, 6.07) is 8.19. The van der Waals surface area contributed by atoms with Crippen LogP contribution in [0, 0.1) is 12.3 Å². The Hall–Kier alpha value is -2.94. The number of hydrogen-bond acceptors (Lipinski definition) is 7. The van der Waals surface area contributed by atoms with Crippen molar-refractivity contribution in [2.45, 2.75) is 51.4 Å². The summed E-state index contributed by atoms with van der Waals surface area (Å²) in [6.07, 6.45) is 5.47. The largest absolute Gasteiger partial charge is 0.491 e. The lowest BCUT2D eigenvalue weighted by Crippen LogP contribution is -2.54. The molecular weight excluding hydrogens is 446 g/mol. The Kier molecular flexibility index (Phi) is 7.04. The molecule has 1 aromatic carbocycles. The summed E-state index contributed by atoms with van der Waals surface area (Å²) < 4.78 is 11.2. The van der Waals surface area contributed by atoms with Gasteiger partial charge in [-0.2, -0.15) is 4.98 Å². The number of hydrogen-bond donors (Lipinski definition) is 1. The Bertz CT molecular complexity index is 1040. The second kappa shape index (κ2) is 10.4. The van der Waals surface area contributed by atoms with Crippen LogP contribution in [0.5, 0.6) is 5.75 Å². The number of ether oxygens (including phenoxy) is 1. The van der Waals surface area contributed by atoms with Crippen molar-refractivity contribution < 1.29 is 18.8 Å². The van der Waals surface area contributed by atoms with Gasteiger partial charge in [-0.15, -0.1) is 0 Å². The minimum absolute atomic E-state index is 0.132. The highest BCUT2D eigenvalue weighted by Crippen LogP contribution is 2.38. The second-order valence-electron chi connectivity index (χ2n) is 10.2. The van der Waals surface area contributed by atoms with Crippen molar-refractivity contribution in [3.63, 3.8) is 0 Å². The van der Waals surface area contributed by atoms with Crippen LogP contribution in [0.15, 0.2) is 28.8 Å². The van der Waals surface area contributed by atoms with Crippen LogP contribution in [-0.2, 0) is 16.0 Å². The molecule has 1 aromatic heterocycles. The summed E-state index contributed by atoms with van der Waals surface area (Å²) in [5.74, 6) is 2.58. The van der Waals surface area contributed by atoms with Crippen LogP contribution in [0.2, 0.25) is 0 Å². The molecule has 0 radical (unpaired) electrons. The Morgan fingerprint density at radius 2 is 1.97 bits per heavy atom. The molecule has 5 rings (SSSR count). The average molecular weight is 482 g/mol. The number of fused-ring (bicyclic) bond motifs is 1. The predicted molar refractivity (Wildman–Crippen MR) is 129 cm³/mol. The number of carbonyl (C=O) groups is 2. The third-order valence-corrected chi connectivity index (χ3v) is 7.75. The molecule has 1 N–H and O–H groups in total. The van der Waals surface area contributed by atoms with E-state index in [-0.39, 0.29) is 23.1 Å². The van der Waals surface area contributed by atoms with Crippen LogP contribution in [0.1, 0.15) is 55.3 Å². The summed E-state index contributed by atoms with van der Waals surface area (Å²) in [7, 11) is 0. The molecule has 3 aliphatic heterocycles. The zero-order valence-electron chi connectivity index (χ0n) is 20.5. The quantitative estimate of drug-likeness (QED) is 0.718. The maximum atomic E-state index is 13.2. The molecule has 2 saturated heterocycles. The van der Waals surface area contributed by atoms with E-state index < -0.39 is 0 Å². The van der Waals surface area contributed by atoms with Gasteiger partial charge < -0.3 is 19.5 Å². The van der Waals surface area contributed by atoms with E-state index >= 15 is 0 Å². The number of nitrogens with one attached hydrogen (secondary N) is 1. The van der Waals surface area contributed by atoms with Gasteiger partial charge in [-0.25, -0.2) is 0 Å². The highest BCUT2D eigenvalue weighted by Gasteiger charge is 2.42. The van der Waals surface area contributed by atoms with Gasteiger partial charge in [-0.1, -0.05) is 29.8 Å². The summed E-state index contributed by atoms with van der Waals surface area (Å²) in [5.41, 5.74) is 0.889. The van der Waals surface area contributed by atoms with Gasteiger partial charge in [-0.3, -0.25) is 14.5 Å². The van der Waals surface area contributed by atoms with Gasteiger partial charge in [0.15, 0.2) is 5.82 Å². The molecule has 1 spiro atoms. The monoisotopic (exact) mass is 481 g/mol. The lowest BCUT2D eigenvalue weighted by Gasteiger charge is -2.42. The van der Waals surface area contributed by atoms with E-state index in [2.05, 4.69) is 32.5 Å². The fraction of sp³-hybridized carbons (Fsp3) is 0.615. The molecule has 2 fully saturated rings. The third kappa shape index (κ3) is 5.34. The number of aryl methyl sites for hydroxylation is 2. The normalized spacial score (nSPS) is 21.7. The zero-order valence-corrected chi connectivity index (χ0v) is 20.5. The van der Waals surface area contributed by atoms with Crippen LogP contribution >= 0.6 is 0 Å². The van der Waals surface area contributed by atoms with Crippen molar-refractivity contribution in [1.82, 2.24) is 25.3 Å². The number of benzene rings is 1. The highest BCUT2D eigenvalue weighted by molar-refractivity contribution is 5.83. The molecule has 2 amide bonds. The van der Waals surface area contributed by atoms with Crippen LogP contribution in [0.25, 0.3) is 0 Å². The first kappa shape index (κ1) is 23.8. The van der Waals surface area contributed by atoms with Gasteiger partial charge in [0.1, 0.15) is 12.4 Å². The molecule has 0 atom stereocenters. The summed E-state index contributed by atoms with van der Waals surface area (Å²) >= 11 is 0. The number of likely N-dealkylation sites (tertiary alicyclic amines) is 2. The van der Waals surface area contributed by atoms with Gasteiger partial charge in [0.2, 0.25) is 17.7 Å². The lowest BCUT2D eigenvalue weighted by atomic mass is 9.73. The fourth-order valence-corrected chi connectivity index (χ4v) is 5.48. The van der Waals surface area contributed by atoms with Crippen molar-refractivity contribution in [1.29, 1.82) is 0 Å². The van der Waals surface area contributed by atoms with Crippen LogP contribution in [0.4, 0.5) is 0 Å². The van der Waals surface area contributed by atoms with Gasteiger partial charge >= 0.3 is 0 Å². The number of amides is 2. The Balaban J connectivity index is 1.12. The molecule has 35 heavy (non-hydrogen) atoms. The van der Waals surface area contributed by atoms with E-state index in [9.17, 15) is 9.59 Å². The number of nitrogens with zero attached hydrogens (tertiary/aromatic N) is 4. The van der Waals surface area contributed by atoms with Crippen molar-refractivity contribution in [2.24, 2.45) is 5.41 Å². The average Bonchev–Trinajstić information content (AvgIpc) is 3.25. The van der Waals surface area contributed by atoms with Gasteiger partial charge in [0.25, 0.3) is 0 Å². The number of para-hydroxylation sites is 1. The molecule has 3 aliphatic rings. The standard InChI is InChI=1S/C26H35N5O4/c1-19-28-24(35-29-19)21-16-31(17-21)23(32)18-30-13-10-26(11-14-30)9-5-4-7-20-6-2-3-8-22(20)34-15-12-27-25(26)33/h2-3,6,8,21H,4-5,7,9-18H2,1H3,(H,27,33). The Labute approximate surface area is 206 Å². The topological polar surface area (TPSA) is 101 Å². The van der Waals surface area contributed by atoms with E-state index in [1.165, 1.54) is 5.56 Å². The minimum Gasteiger partial charge on any atom is -0.491 e. The summed E-state index contributed by atoms with van der Waals surface area (Å²) in [4.78, 5) is 34.4. The van der Waals surface area contributed by atoms with E-state index in [4.69, 9.17) is 9.26 Å². The first-order valence-electron chi connectivity index (χ1n) is 12.8. The number of rotatable bonds is 3. The van der Waals surface area contributed by atoms with Crippen LogP contribution < -0.4 is 10.1 Å². The van der Waals surface area contributed by atoms with E-state index in [0.29, 0.717) is 44.5 Å². The fourth-order valence-electron chi connectivity index (χ4n) is 5.48. The van der Waals surface area contributed by atoms with Crippen molar-refractivity contribution >= 4 is 11.8 Å². The molecule has 9 nitrogen and oxygen atoms in total. The van der Waals surface area contributed by atoms with Crippen LogP contribution in [-0.4, -0.2) is 77.6 Å². The first-order valence-corrected chi connectivity index (χ1v) is 12.8. The molecule has 9 heteroatoms. The van der Waals surface area contributed by atoms with Gasteiger partial charge in [0.05, 0.1) is 24.4 Å². The van der Waals surface area contributed by atoms with Crippen molar-refractivity contribution in [3.05, 3.63) is 41.5 Å². The number of aromatic nitrogens is 2. The highest BCUT2D eigenvalue weighted by atomic mass is 16.5. The SMILES string of the molecule is Cc1noc(C2CN(C(=O)CN3CCC4(CCCCc5ccccc5OCCNC4=O)CC3)C2)n1. The molecule has 4 heterocycles. The Morgan fingerprint density at radius 1 is 1.17 bits per heavy atom. The smallest absolute Gasteiger partial charge is 0.236 e. The number of piperidine rings is 1. The Morgan fingerprint density at radius 3 is 2.74 bits per heavy atom. The van der Waals surface area contributed by atoms with E-state index in [1.54, 1.807) is 6.92 Å². The predicted octanol–water partition coefficient (Wildman–Crippen LogP) is 2.31. The van der Waals surface area contributed by atoms with Crippen LogP contribution in [0.3, 0.4) is 0 Å². The molecule has 0 aliphatic carbocycles. The summed E-state index contributed by atoms with van der Waals surface area (Å²) in [6.45, 7) is 5.96. The third-order valence-electron chi connectivity index (χ3n) is 7.75. The molecule has 0 bridgehead atoms. The molecule has 0 unspecified atom stereocenters. The molecule has 2 aromatic rings. The maximum Gasteiger partial charge on any atom is 0.236 e. The maximum absolute atomic E-state index is 13.2. The van der Waals surface area contributed by atoms with E-state index in [0.717, 1.165) is 57.4 Å². The van der Waals surface area contributed by atoms with Gasteiger partial charge in [-0.05, 0) is 63.7 Å².